The molecule has 0 radical (unpaired) electrons. The Balaban J connectivity index is 1.62. The molecule has 29 heavy (non-hydrogen) atoms. The maximum absolute atomic E-state index is 9.29. The molecular formula is C21H16N8. The van der Waals surface area contributed by atoms with E-state index >= 15 is 0 Å². The first-order chi connectivity index (χ1) is 14.2. The second-order valence-corrected chi connectivity index (χ2v) is 7.34. The van der Waals surface area contributed by atoms with Gasteiger partial charge in [0.15, 0.2) is 0 Å². The Hall–Kier alpha value is -4.04. The highest BCUT2D eigenvalue weighted by molar-refractivity contribution is 5.93. The van der Waals surface area contributed by atoms with Crippen LogP contribution in [0.5, 0.6) is 0 Å². The SMILES string of the molecule is N#CC[C@]1(n2ccc(-c3nc(-c4ccn[nH]4)cc4ncccc34)n2)C[C@H](C#N)C1. The van der Waals surface area contributed by atoms with Gasteiger partial charge in [0, 0.05) is 24.0 Å². The van der Waals surface area contributed by atoms with Crippen LogP contribution in [0, 0.1) is 28.6 Å². The Morgan fingerprint density at radius 1 is 1.17 bits per heavy atom. The van der Waals surface area contributed by atoms with Gasteiger partial charge >= 0.3 is 0 Å². The second-order valence-electron chi connectivity index (χ2n) is 7.34. The highest BCUT2D eigenvalue weighted by Gasteiger charge is 2.46. The van der Waals surface area contributed by atoms with Crippen molar-refractivity contribution in [2.24, 2.45) is 5.92 Å². The summed E-state index contributed by atoms with van der Waals surface area (Å²) in [7, 11) is 0. The minimum atomic E-state index is -0.414. The van der Waals surface area contributed by atoms with E-state index in [0.29, 0.717) is 25.0 Å². The zero-order chi connectivity index (χ0) is 19.8. The molecule has 1 aliphatic carbocycles. The van der Waals surface area contributed by atoms with Gasteiger partial charge in [-0.2, -0.15) is 20.7 Å². The van der Waals surface area contributed by atoms with Crippen molar-refractivity contribution < 1.29 is 0 Å². The highest BCUT2D eigenvalue weighted by atomic mass is 15.3. The van der Waals surface area contributed by atoms with E-state index in [0.717, 1.165) is 28.0 Å². The molecule has 0 amide bonds. The molecule has 8 nitrogen and oxygen atoms in total. The van der Waals surface area contributed by atoms with Gasteiger partial charge in [0.05, 0.1) is 46.9 Å². The predicted molar refractivity (Wildman–Crippen MR) is 105 cm³/mol. The van der Waals surface area contributed by atoms with Gasteiger partial charge in [-0.3, -0.25) is 14.8 Å². The first-order valence-corrected chi connectivity index (χ1v) is 9.31. The smallest absolute Gasteiger partial charge is 0.111 e. The molecule has 0 saturated heterocycles. The molecule has 4 aromatic heterocycles. The first-order valence-electron chi connectivity index (χ1n) is 9.31. The molecule has 5 rings (SSSR count). The maximum Gasteiger partial charge on any atom is 0.111 e. The van der Waals surface area contributed by atoms with Gasteiger partial charge in [0.25, 0.3) is 0 Å². The molecule has 1 fully saturated rings. The number of nitrogens with zero attached hydrogens (tertiary/aromatic N) is 7. The number of aromatic nitrogens is 6. The van der Waals surface area contributed by atoms with Crippen LogP contribution in [0.3, 0.4) is 0 Å². The standard InChI is InChI=1S/C21H16N8/c22-6-5-21(11-14(12-21)13-23)29-9-4-17(28-29)20-15-2-1-7-24-18(15)10-19(26-20)16-3-8-25-27-16/h1-4,7-10,14H,5,11-12H2,(H,25,27)/t14-,21-. The lowest BCUT2D eigenvalue weighted by Crippen LogP contribution is -2.46. The number of pyridine rings is 2. The van der Waals surface area contributed by atoms with Crippen molar-refractivity contribution in [1.29, 1.82) is 10.5 Å². The molecule has 0 spiro atoms. The summed E-state index contributed by atoms with van der Waals surface area (Å²) in [6.07, 6.45) is 6.93. The summed E-state index contributed by atoms with van der Waals surface area (Å²) in [5.74, 6) is -0.0251. The molecule has 4 aromatic rings. The van der Waals surface area contributed by atoms with E-state index in [2.05, 4.69) is 27.3 Å². The van der Waals surface area contributed by atoms with E-state index in [-0.39, 0.29) is 5.92 Å². The minimum absolute atomic E-state index is 0.0251. The van der Waals surface area contributed by atoms with Crippen LogP contribution in [0.2, 0.25) is 0 Å². The second kappa shape index (κ2) is 6.54. The summed E-state index contributed by atoms with van der Waals surface area (Å²) < 4.78 is 1.84. The normalized spacial score (nSPS) is 20.7. The first kappa shape index (κ1) is 17.1. The quantitative estimate of drug-likeness (QED) is 0.579. The number of aromatic amines is 1. The van der Waals surface area contributed by atoms with Gasteiger partial charge < -0.3 is 0 Å². The molecule has 1 N–H and O–H groups in total. The lowest BCUT2D eigenvalue weighted by atomic mass is 9.67. The van der Waals surface area contributed by atoms with E-state index in [1.807, 2.05) is 41.2 Å². The number of rotatable bonds is 4. The number of hydrogen-bond acceptors (Lipinski definition) is 6. The van der Waals surface area contributed by atoms with Crippen LogP contribution in [0.15, 0.2) is 48.9 Å². The predicted octanol–water partition coefficient (Wildman–Crippen LogP) is 3.43. The number of hydrogen-bond donors (Lipinski definition) is 1. The summed E-state index contributed by atoms with van der Waals surface area (Å²) in [4.78, 5) is 9.31. The Kier molecular flexibility index (Phi) is 3.85. The lowest BCUT2D eigenvalue weighted by molar-refractivity contribution is 0.0884. The van der Waals surface area contributed by atoms with Crippen molar-refractivity contribution in [2.75, 3.05) is 0 Å². The summed E-state index contributed by atoms with van der Waals surface area (Å²) in [5, 5.41) is 31.1. The molecule has 0 atom stereocenters. The monoisotopic (exact) mass is 380 g/mol. The molecular weight excluding hydrogens is 364 g/mol. The van der Waals surface area contributed by atoms with Crippen LogP contribution < -0.4 is 0 Å². The van der Waals surface area contributed by atoms with Crippen LogP contribution in [-0.2, 0) is 5.54 Å². The fourth-order valence-electron chi connectivity index (χ4n) is 4.03. The van der Waals surface area contributed by atoms with Gasteiger partial charge in [-0.1, -0.05) is 0 Å². The van der Waals surface area contributed by atoms with Crippen molar-refractivity contribution in [2.45, 2.75) is 24.8 Å². The molecule has 140 valence electrons. The molecule has 0 aromatic carbocycles. The van der Waals surface area contributed by atoms with Crippen molar-refractivity contribution in [1.82, 2.24) is 29.9 Å². The number of nitrogens with one attached hydrogen (secondary N) is 1. The van der Waals surface area contributed by atoms with E-state index in [1.165, 1.54) is 0 Å². The van der Waals surface area contributed by atoms with Gasteiger partial charge in [-0.05, 0) is 43.2 Å². The molecule has 4 heterocycles. The zero-order valence-corrected chi connectivity index (χ0v) is 15.4. The summed E-state index contributed by atoms with van der Waals surface area (Å²) >= 11 is 0. The van der Waals surface area contributed by atoms with Crippen LogP contribution in [0.25, 0.3) is 33.7 Å². The minimum Gasteiger partial charge on any atom is -0.276 e. The average molecular weight is 380 g/mol. The Bertz CT molecular complexity index is 1270. The van der Waals surface area contributed by atoms with Crippen LogP contribution in [0.1, 0.15) is 19.3 Å². The topological polar surface area (TPSA) is 120 Å². The Morgan fingerprint density at radius 2 is 2.07 bits per heavy atom. The highest BCUT2D eigenvalue weighted by Crippen LogP contribution is 2.46. The molecule has 1 aliphatic rings. The molecule has 0 bridgehead atoms. The lowest BCUT2D eigenvalue weighted by Gasteiger charge is -2.43. The average Bonchev–Trinajstić information content (AvgIpc) is 3.42. The summed E-state index contributed by atoms with van der Waals surface area (Å²) in [6, 6.07) is 14.1. The van der Waals surface area contributed by atoms with Crippen molar-refractivity contribution >= 4 is 10.9 Å². The number of fused-ring (bicyclic) bond motifs is 1. The zero-order valence-electron chi connectivity index (χ0n) is 15.4. The fourth-order valence-corrected chi connectivity index (χ4v) is 4.03. The van der Waals surface area contributed by atoms with Crippen molar-refractivity contribution in [3.8, 4) is 34.9 Å². The molecule has 1 saturated carbocycles. The van der Waals surface area contributed by atoms with Crippen molar-refractivity contribution in [3.05, 3.63) is 48.9 Å². The Labute approximate surface area is 166 Å². The van der Waals surface area contributed by atoms with E-state index in [4.69, 9.17) is 15.3 Å². The third-order valence-corrected chi connectivity index (χ3v) is 5.54. The van der Waals surface area contributed by atoms with Gasteiger partial charge in [0.2, 0.25) is 0 Å². The van der Waals surface area contributed by atoms with Crippen LogP contribution in [0.4, 0.5) is 0 Å². The summed E-state index contributed by atoms with van der Waals surface area (Å²) in [5.41, 5.74) is 3.37. The fraction of sp³-hybridized carbons (Fsp3) is 0.238. The summed E-state index contributed by atoms with van der Waals surface area (Å²) in [6.45, 7) is 0. The van der Waals surface area contributed by atoms with E-state index < -0.39 is 5.54 Å². The largest absolute Gasteiger partial charge is 0.276 e. The third kappa shape index (κ3) is 2.74. The van der Waals surface area contributed by atoms with Gasteiger partial charge in [0.1, 0.15) is 11.4 Å². The van der Waals surface area contributed by atoms with Crippen LogP contribution in [-0.4, -0.2) is 29.9 Å². The van der Waals surface area contributed by atoms with Crippen LogP contribution >= 0.6 is 0 Å². The third-order valence-electron chi connectivity index (χ3n) is 5.54. The molecule has 8 heteroatoms. The maximum atomic E-state index is 9.29. The Morgan fingerprint density at radius 3 is 2.83 bits per heavy atom. The number of H-pyrrole nitrogens is 1. The van der Waals surface area contributed by atoms with E-state index in [1.54, 1.807) is 12.4 Å². The molecule has 0 aliphatic heterocycles. The van der Waals surface area contributed by atoms with E-state index in [9.17, 15) is 5.26 Å². The number of nitriles is 2. The molecule has 0 unspecified atom stereocenters. The van der Waals surface area contributed by atoms with Gasteiger partial charge in [-0.25, -0.2) is 4.98 Å². The van der Waals surface area contributed by atoms with Crippen molar-refractivity contribution in [3.63, 3.8) is 0 Å². The van der Waals surface area contributed by atoms with Gasteiger partial charge in [-0.15, -0.1) is 0 Å².